The van der Waals surface area contributed by atoms with Gasteiger partial charge in [0.25, 0.3) is 0 Å². The first-order chi connectivity index (χ1) is 10.0. The van der Waals surface area contributed by atoms with Crippen LogP contribution in [0.1, 0.15) is 18.9 Å². The molecule has 0 radical (unpaired) electrons. The summed E-state index contributed by atoms with van der Waals surface area (Å²) in [6.07, 6.45) is 1.01. The molecule has 0 aliphatic rings. The molecule has 0 heterocycles. The van der Waals surface area contributed by atoms with Crippen molar-refractivity contribution in [2.75, 3.05) is 20.8 Å². The van der Waals surface area contributed by atoms with Gasteiger partial charge in [-0.25, -0.2) is 4.79 Å². The Balaban J connectivity index is 3.24. The number of rotatable bonds is 7. The minimum atomic E-state index is -1.11. The lowest BCUT2D eigenvalue weighted by atomic mass is 10.1. The second-order valence-corrected chi connectivity index (χ2v) is 4.07. The lowest BCUT2D eigenvalue weighted by Crippen LogP contribution is -2.11. The Morgan fingerprint density at radius 1 is 1.24 bits per heavy atom. The first-order valence-corrected chi connectivity index (χ1v) is 6.33. The van der Waals surface area contributed by atoms with Crippen LogP contribution in [0, 0.1) is 0 Å². The number of esters is 1. The summed E-state index contributed by atoms with van der Waals surface area (Å²) in [6, 6.07) is 5.03. The summed E-state index contributed by atoms with van der Waals surface area (Å²) < 4.78 is 15.2. The van der Waals surface area contributed by atoms with E-state index in [9.17, 15) is 9.59 Å². The number of carboxylic acids is 1. The highest BCUT2D eigenvalue weighted by atomic mass is 16.5. The van der Waals surface area contributed by atoms with Crippen LogP contribution in [0.4, 0.5) is 0 Å². The predicted octanol–water partition coefficient (Wildman–Crippen LogP) is 2.12. The molecular formula is C15H18O6. The van der Waals surface area contributed by atoms with Crippen molar-refractivity contribution in [3.8, 4) is 11.5 Å². The number of methoxy groups -OCH3 is 2. The fourth-order valence-corrected chi connectivity index (χ4v) is 1.71. The van der Waals surface area contributed by atoms with E-state index in [0.29, 0.717) is 17.1 Å². The van der Waals surface area contributed by atoms with Gasteiger partial charge in [-0.15, -0.1) is 0 Å². The van der Waals surface area contributed by atoms with Gasteiger partial charge in [0, 0.05) is 11.1 Å². The van der Waals surface area contributed by atoms with Crippen molar-refractivity contribution in [3.05, 3.63) is 29.3 Å². The number of hydrogen-bond donors (Lipinski definition) is 1. The zero-order valence-electron chi connectivity index (χ0n) is 12.2. The van der Waals surface area contributed by atoms with Gasteiger partial charge in [-0.1, -0.05) is 0 Å². The molecule has 1 N–H and O–H groups in total. The summed E-state index contributed by atoms with van der Waals surface area (Å²) in [4.78, 5) is 22.7. The third kappa shape index (κ3) is 4.83. The van der Waals surface area contributed by atoms with E-state index >= 15 is 0 Å². The highest BCUT2D eigenvalue weighted by molar-refractivity contribution is 5.98. The molecule has 1 rings (SSSR count). The second kappa shape index (κ2) is 7.94. The van der Waals surface area contributed by atoms with Gasteiger partial charge in [0.2, 0.25) is 0 Å². The molecule has 114 valence electrons. The predicted molar refractivity (Wildman–Crippen MR) is 76.4 cm³/mol. The van der Waals surface area contributed by atoms with E-state index in [-0.39, 0.29) is 12.2 Å². The van der Waals surface area contributed by atoms with E-state index in [1.54, 1.807) is 25.1 Å². The summed E-state index contributed by atoms with van der Waals surface area (Å²) in [5.41, 5.74) is 0.581. The minimum absolute atomic E-state index is 0.0379. The largest absolute Gasteiger partial charge is 0.497 e. The second-order valence-electron chi connectivity index (χ2n) is 4.07. The first kappa shape index (κ1) is 16.6. The van der Waals surface area contributed by atoms with Crippen molar-refractivity contribution in [1.29, 1.82) is 0 Å². The van der Waals surface area contributed by atoms with Crippen LogP contribution in [0.5, 0.6) is 11.5 Å². The number of hydrogen-bond acceptors (Lipinski definition) is 5. The Bertz CT molecular complexity index is 547. The molecule has 0 atom stereocenters. The normalized spacial score (nSPS) is 10.9. The standard InChI is InChI=1S/C15H18O6/c1-4-21-15(18)11(9-14(16)17)7-10-8-12(19-2)5-6-13(10)20-3/h5-8H,4,9H2,1-3H3,(H,16,17)/b11-7+. The van der Waals surface area contributed by atoms with Crippen LogP contribution >= 0.6 is 0 Å². The molecule has 0 spiro atoms. The third-order valence-corrected chi connectivity index (χ3v) is 2.65. The molecule has 0 amide bonds. The quantitative estimate of drug-likeness (QED) is 0.612. The molecule has 1 aromatic rings. The Morgan fingerprint density at radius 2 is 1.95 bits per heavy atom. The van der Waals surface area contributed by atoms with Gasteiger partial charge < -0.3 is 19.3 Å². The first-order valence-electron chi connectivity index (χ1n) is 6.33. The van der Waals surface area contributed by atoms with E-state index in [1.165, 1.54) is 20.3 Å². The number of carboxylic acid groups (broad SMARTS) is 1. The number of ether oxygens (including phenoxy) is 3. The van der Waals surface area contributed by atoms with Crippen LogP contribution < -0.4 is 9.47 Å². The Morgan fingerprint density at radius 3 is 2.48 bits per heavy atom. The van der Waals surface area contributed by atoms with Gasteiger partial charge in [-0.05, 0) is 31.2 Å². The van der Waals surface area contributed by atoms with Gasteiger partial charge >= 0.3 is 11.9 Å². The summed E-state index contributed by atoms with van der Waals surface area (Å²) in [6.45, 7) is 1.83. The lowest BCUT2D eigenvalue weighted by Gasteiger charge is -2.09. The molecule has 0 aromatic heterocycles. The Hall–Kier alpha value is -2.50. The van der Waals surface area contributed by atoms with Gasteiger partial charge in [0.1, 0.15) is 11.5 Å². The van der Waals surface area contributed by atoms with Crippen LogP contribution in [0.15, 0.2) is 23.8 Å². The zero-order chi connectivity index (χ0) is 15.8. The monoisotopic (exact) mass is 294 g/mol. The number of aliphatic carboxylic acids is 1. The topological polar surface area (TPSA) is 82.1 Å². The average Bonchev–Trinajstić information content (AvgIpc) is 2.46. The van der Waals surface area contributed by atoms with Crippen molar-refractivity contribution in [3.63, 3.8) is 0 Å². The maximum Gasteiger partial charge on any atom is 0.334 e. The SMILES string of the molecule is CCOC(=O)/C(=C/c1cc(OC)ccc1OC)CC(=O)O. The van der Waals surface area contributed by atoms with Gasteiger partial charge in [-0.2, -0.15) is 0 Å². The molecule has 1 aromatic carbocycles. The number of carbonyl (C=O) groups excluding carboxylic acids is 1. The highest BCUT2D eigenvalue weighted by Crippen LogP contribution is 2.27. The van der Waals surface area contributed by atoms with E-state index in [4.69, 9.17) is 19.3 Å². The highest BCUT2D eigenvalue weighted by Gasteiger charge is 2.16. The van der Waals surface area contributed by atoms with E-state index in [1.807, 2.05) is 0 Å². The third-order valence-electron chi connectivity index (χ3n) is 2.65. The van der Waals surface area contributed by atoms with Crippen LogP contribution in [0.25, 0.3) is 6.08 Å². The molecule has 21 heavy (non-hydrogen) atoms. The van der Waals surface area contributed by atoms with Crippen LogP contribution in [0.3, 0.4) is 0 Å². The van der Waals surface area contributed by atoms with Crippen molar-refractivity contribution < 1.29 is 28.9 Å². The van der Waals surface area contributed by atoms with E-state index in [0.717, 1.165) is 0 Å². The number of benzene rings is 1. The van der Waals surface area contributed by atoms with E-state index in [2.05, 4.69) is 0 Å². The molecule has 6 heteroatoms. The van der Waals surface area contributed by atoms with Crippen LogP contribution in [-0.4, -0.2) is 37.9 Å². The fourth-order valence-electron chi connectivity index (χ4n) is 1.71. The molecule has 0 aliphatic carbocycles. The average molecular weight is 294 g/mol. The molecule has 0 aliphatic heterocycles. The molecule has 0 saturated carbocycles. The summed E-state index contributed by atoms with van der Waals surface area (Å²) >= 11 is 0. The lowest BCUT2D eigenvalue weighted by molar-refractivity contribution is -0.142. The van der Waals surface area contributed by atoms with Crippen LogP contribution in [0.2, 0.25) is 0 Å². The summed E-state index contributed by atoms with van der Waals surface area (Å²) in [5, 5.41) is 8.90. The van der Waals surface area contributed by atoms with Crippen LogP contribution in [-0.2, 0) is 14.3 Å². The van der Waals surface area contributed by atoms with E-state index < -0.39 is 18.4 Å². The van der Waals surface area contributed by atoms with Crippen molar-refractivity contribution in [1.82, 2.24) is 0 Å². The van der Waals surface area contributed by atoms with Crippen molar-refractivity contribution in [2.45, 2.75) is 13.3 Å². The van der Waals surface area contributed by atoms with Crippen molar-refractivity contribution >= 4 is 18.0 Å². The zero-order valence-corrected chi connectivity index (χ0v) is 12.2. The van der Waals surface area contributed by atoms with Gasteiger partial charge in [-0.3, -0.25) is 4.79 Å². The summed E-state index contributed by atoms with van der Waals surface area (Å²) in [5.74, 6) is -0.704. The maximum atomic E-state index is 11.8. The fraction of sp³-hybridized carbons (Fsp3) is 0.333. The van der Waals surface area contributed by atoms with Crippen molar-refractivity contribution in [2.24, 2.45) is 0 Å². The van der Waals surface area contributed by atoms with Gasteiger partial charge in [0.05, 0.1) is 27.2 Å². The molecule has 0 fully saturated rings. The molecule has 0 bridgehead atoms. The molecular weight excluding hydrogens is 276 g/mol. The summed E-state index contributed by atoms with van der Waals surface area (Å²) in [7, 11) is 3.00. The van der Waals surface area contributed by atoms with Gasteiger partial charge in [0.15, 0.2) is 0 Å². The molecule has 0 saturated heterocycles. The Kier molecular flexibility index (Phi) is 6.26. The Labute approximate surface area is 122 Å². The molecule has 6 nitrogen and oxygen atoms in total. The molecule has 0 unspecified atom stereocenters. The minimum Gasteiger partial charge on any atom is -0.497 e. The smallest absolute Gasteiger partial charge is 0.334 e. The maximum absolute atomic E-state index is 11.8. The number of carbonyl (C=O) groups is 2.